The molecule has 2 heterocycles. The molecule has 1 aliphatic heterocycles. The van der Waals surface area contributed by atoms with Crippen molar-refractivity contribution in [1.29, 1.82) is 0 Å². The lowest BCUT2D eigenvalue weighted by Crippen LogP contribution is -2.28. The first-order valence-corrected chi connectivity index (χ1v) is 21.1. The number of allylic oxidation sites excluding steroid dienone is 10. The summed E-state index contributed by atoms with van der Waals surface area (Å²) in [7, 11) is 0. The lowest BCUT2D eigenvalue weighted by molar-refractivity contribution is 0.593. The minimum absolute atomic E-state index is 0.185. The molecule has 0 spiro atoms. The molecule has 0 saturated heterocycles. The zero-order valence-corrected chi connectivity index (χ0v) is 32.9. The largest absolute Gasteiger partial charge is 0.333 e. The summed E-state index contributed by atoms with van der Waals surface area (Å²) in [5.41, 5.74) is 19.5. The van der Waals surface area contributed by atoms with Gasteiger partial charge in [0.25, 0.3) is 0 Å². The van der Waals surface area contributed by atoms with E-state index in [0.717, 1.165) is 25.0 Å². The Balaban J connectivity index is 1.05. The molecule has 1 aromatic heterocycles. The Bertz CT molecular complexity index is 2740. The van der Waals surface area contributed by atoms with Crippen LogP contribution in [0.1, 0.15) is 77.9 Å². The lowest BCUT2D eigenvalue weighted by atomic mass is 9.67. The third kappa shape index (κ3) is 5.90. The van der Waals surface area contributed by atoms with E-state index in [9.17, 15) is 0 Å². The van der Waals surface area contributed by atoms with E-state index in [1.807, 2.05) is 0 Å². The Labute approximate surface area is 342 Å². The van der Waals surface area contributed by atoms with Gasteiger partial charge in [0, 0.05) is 40.4 Å². The number of pyridine rings is 1. The Hall–Kier alpha value is -6.51. The molecule has 5 atom stereocenters. The van der Waals surface area contributed by atoms with E-state index in [2.05, 4.69) is 206 Å². The van der Waals surface area contributed by atoms with E-state index < -0.39 is 0 Å². The standard InChI is InChI=1S/C56H46N2/c1-37-51-34-42(45-28-16-29-50-48-26-13-14-30-54(48)58(56(45)50)44-24-15-23-41(33-44)38-17-5-2-6-18-38)31-32-47(51)46-25-11-12-27-49(46)55(37)53-36-43(39-19-7-3-8-20-39)35-52(57-53)40-21-9-4-10-22-40/h2-11,13-21,23-26,28-37,40,48,54-55H,12,22,27H2,1H3/t37-,40?,48?,54?,55+/m1/s1. The van der Waals surface area contributed by atoms with E-state index >= 15 is 0 Å². The van der Waals surface area contributed by atoms with Crippen molar-refractivity contribution in [3.05, 3.63) is 228 Å². The summed E-state index contributed by atoms with van der Waals surface area (Å²) >= 11 is 0. The van der Waals surface area contributed by atoms with Crippen molar-refractivity contribution in [2.45, 2.75) is 55.9 Å². The molecule has 0 fully saturated rings. The van der Waals surface area contributed by atoms with Gasteiger partial charge in [-0.15, -0.1) is 0 Å². The number of rotatable bonds is 6. The highest BCUT2D eigenvalue weighted by molar-refractivity contribution is 5.92. The van der Waals surface area contributed by atoms with Gasteiger partial charge in [0.1, 0.15) is 0 Å². The number of benzene rings is 5. The molecule has 0 saturated carbocycles. The average Bonchev–Trinajstić information content (AvgIpc) is 3.64. The fourth-order valence-corrected chi connectivity index (χ4v) is 10.4. The second-order valence-electron chi connectivity index (χ2n) is 16.5. The van der Waals surface area contributed by atoms with Crippen molar-refractivity contribution >= 4 is 16.9 Å². The Morgan fingerprint density at radius 3 is 2.16 bits per heavy atom. The topological polar surface area (TPSA) is 16.1 Å². The van der Waals surface area contributed by atoms with Gasteiger partial charge in [-0.25, -0.2) is 0 Å². The first-order chi connectivity index (χ1) is 28.7. The normalized spacial score (nSPS) is 22.4. The molecule has 5 aromatic carbocycles. The molecule has 2 nitrogen and oxygen atoms in total. The van der Waals surface area contributed by atoms with Crippen molar-refractivity contribution in [2.75, 3.05) is 4.90 Å². The van der Waals surface area contributed by atoms with E-state index in [4.69, 9.17) is 4.98 Å². The number of aromatic nitrogens is 1. The summed E-state index contributed by atoms with van der Waals surface area (Å²) in [5, 5.41) is 0. The third-order valence-electron chi connectivity index (χ3n) is 13.2. The predicted octanol–water partition coefficient (Wildman–Crippen LogP) is 14.4. The van der Waals surface area contributed by atoms with Crippen LogP contribution in [0.15, 0.2) is 200 Å². The fourth-order valence-electron chi connectivity index (χ4n) is 10.4. The molecule has 3 unspecified atom stereocenters. The number of hydrogen-bond donors (Lipinski definition) is 0. The molecule has 0 N–H and O–H groups in total. The highest BCUT2D eigenvalue weighted by Crippen LogP contribution is 2.55. The first-order valence-electron chi connectivity index (χ1n) is 21.1. The zero-order valence-electron chi connectivity index (χ0n) is 32.9. The molecule has 2 heteroatoms. The van der Waals surface area contributed by atoms with E-state index in [1.54, 1.807) is 0 Å². The minimum Gasteiger partial charge on any atom is -0.333 e. The summed E-state index contributed by atoms with van der Waals surface area (Å²) in [6.07, 6.45) is 26.0. The lowest BCUT2D eigenvalue weighted by Gasteiger charge is -2.37. The molecular weight excluding hydrogens is 701 g/mol. The van der Waals surface area contributed by atoms with Gasteiger partial charge in [0.05, 0.1) is 11.7 Å². The number of hydrogen-bond acceptors (Lipinski definition) is 2. The van der Waals surface area contributed by atoms with Gasteiger partial charge in [0.15, 0.2) is 0 Å². The fraction of sp³-hybridized carbons (Fsp3) is 0.161. The summed E-state index contributed by atoms with van der Waals surface area (Å²) in [5.74, 6) is 0.991. The highest BCUT2D eigenvalue weighted by atomic mass is 15.2. The number of para-hydroxylation sites is 1. The summed E-state index contributed by atoms with van der Waals surface area (Å²) in [6.45, 7) is 2.45. The zero-order chi connectivity index (χ0) is 38.6. The van der Waals surface area contributed by atoms with E-state index in [1.165, 1.54) is 78.3 Å². The maximum atomic E-state index is 5.60. The molecule has 0 amide bonds. The second-order valence-corrected chi connectivity index (χ2v) is 16.5. The third-order valence-corrected chi connectivity index (χ3v) is 13.2. The molecule has 6 aromatic rings. The van der Waals surface area contributed by atoms with Crippen LogP contribution in [0.5, 0.6) is 0 Å². The summed E-state index contributed by atoms with van der Waals surface area (Å²) in [4.78, 5) is 8.20. The van der Waals surface area contributed by atoms with Crippen LogP contribution < -0.4 is 4.90 Å². The maximum Gasteiger partial charge on any atom is 0.0629 e. The van der Waals surface area contributed by atoms with Crippen LogP contribution in [-0.4, -0.2) is 11.0 Å². The van der Waals surface area contributed by atoms with Gasteiger partial charge >= 0.3 is 0 Å². The SMILES string of the molecule is C[C@@H]1c2cc(-c3cccc4c3N(c3cccc(-c5ccccc5)c3)C3C=CC=CC43)ccc2C2=C(CCC=C2)[C@H]1c1cc(-c2ccccc2)cc(C2C=CC=CC2)n1. The molecule has 0 bridgehead atoms. The van der Waals surface area contributed by atoms with Gasteiger partial charge in [-0.1, -0.05) is 182 Å². The van der Waals surface area contributed by atoms with Crippen molar-refractivity contribution in [2.24, 2.45) is 0 Å². The summed E-state index contributed by atoms with van der Waals surface area (Å²) < 4.78 is 0. The molecule has 5 aliphatic rings. The maximum absolute atomic E-state index is 5.60. The molecule has 280 valence electrons. The van der Waals surface area contributed by atoms with Crippen LogP contribution in [0.25, 0.3) is 39.0 Å². The predicted molar refractivity (Wildman–Crippen MR) is 242 cm³/mol. The molecular formula is C56H46N2. The molecule has 58 heavy (non-hydrogen) atoms. The Morgan fingerprint density at radius 2 is 1.33 bits per heavy atom. The quantitative estimate of drug-likeness (QED) is 0.169. The molecule has 0 radical (unpaired) electrons. The van der Waals surface area contributed by atoms with Crippen molar-refractivity contribution < 1.29 is 0 Å². The van der Waals surface area contributed by atoms with E-state index in [0.29, 0.717) is 0 Å². The van der Waals surface area contributed by atoms with Crippen molar-refractivity contribution in [1.82, 2.24) is 4.98 Å². The Kier molecular flexibility index (Phi) is 8.65. The van der Waals surface area contributed by atoms with E-state index in [-0.39, 0.29) is 29.7 Å². The number of anilines is 2. The van der Waals surface area contributed by atoms with Crippen molar-refractivity contribution in [3.63, 3.8) is 0 Å². The molecule has 11 rings (SSSR count). The van der Waals surface area contributed by atoms with Gasteiger partial charge in [-0.3, -0.25) is 4.98 Å². The van der Waals surface area contributed by atoms with Gasteiger partial charge < -0.3 is 4.90 Å². The molecule has 4 aliphatic carbocycles. The van der Waals surface area contributed by atoms with Gasteiger partial charge in [-0.2, -0.15) is 0 Å². The van der Waals surface area contributed by atoms with Crippen molar-refractivity contribution in [3.8, 4) is 33.4 Å². The monoisotopic (exact) mass is 746 g/mol. The Morgan fingerprint density at radius 1 is 0.569 bits per heavy atom. The van der Waals surface area contributed by atoms with Gasteiger partial charge in [-0.05, 0) is 99.5 Å². The number of fused-ring (bicyclic) bond motifs is 5. The second kappa shape index (κ2) is 14.5. The van der Waals surface area contributed by atoms with Crippen LogP contribution in [0, 0.1) is 0 Å². The van der Waals surface area contributed by atoms with Crippen LogP contribution in [-0.2, 0) is 0 Å². The van der Waals surface area contributed by atoms with Gasteiger partial charge in [0.2, 0.25) is 0 Å². The van der Waals surface area contributed by atoms with Crippen LogP contribution in [0.3, 0.4) is 0 Å². The first kappa shape index (κ1) is 34.7. The number of nitrogens with zero attached hydrogens (tertiary/aromatic N) is 2. The van der Waals surface area contributed by atoms with Crippen LogP contribution in [0.4, 0.5) is 11.4 Å². The average molecular weight is 747 g/mol. The highest BCUT2D eigenvalue weighted by Gasteiger charge is 2.40. The smallest absolute Gasteiger partial charge is 0.0629 e. The van der Waals surface area contributed by atoms with Crippen LogP contribution >= 0.6 is 0 Å². The van der Waals surface area contributed by atoms with Crippen LogP contribution in [0.2, 0.25) is 0 Å². The summed E-state index contributed by atoms with van der Waals surface area (Å²) in [6, 6.07) is 50.0. The minimum atomic E-state index is 0.185.